The molecular formula is C15H19F2NO3S. The van der Waals surface area contributed by atoms with E-state index in [1.807, 2.05) is 17.5 Å². The Bertz CT molecular complexity index is 513. The summed E-state index contributed by atoms with van der Waals surface area (Å²) in [6.07, 6.45) is 0.378. The first-order chi connectivity index (χ1) is 10.5. The highest BCUT2D eigenvalue weighted by Gasteiger charge is 2.43. The minimum Gasteiger partial charge on any atom is -0.480 e. The maximum Gasteiger partial charge on any atom is 0.326 e. The Morgan fingerprint density at radius 2 is 2.00 bits per heavy atom. The quantitative estimate of drug-likeness (QED) is 0.841. The van der Waals surface area contributed by atoms with E-state index >= 15 is 0 Å². The Morgan fingerprint density at radius 3 is 2.50 bits per heavy atom. The van der Waals surface area contributed by atoms with Crippen LogP contribution in [0.2, 0.25) is 0 Å². The van der Waals surface area contributed by atoms with Crippen molar-refractivity contribution < 1.29 is 23.5 Å². The Kier molecular flexibility index (Phi) is 5.50. The fraction of sp³-hybridized carbons (Fsp3) is 0.600. The van der Waals surface area contributed by atoms with Crippen LogP contribution in [-0.4, -0.2) is 29.5 Å². The number of rotatable bonds is 6. The summed E-state index contributed by atoms with van der Waals surface area (Å²) < 4.78 is 25.0. The summed E-state index contributed by atoms with van der Waals surface area (Å²) in [6, 6.07) is 2.15. The van der Waals surface area contributed by atoms with Crippen molar-refractivity contribution in [3.8, 4) is 0 Å². The van der Waals surface area contributed by atoms with E-state index in [0.717, 1.165) is 24.1 Å². The summed E-state index contributed by atoms with van der Waals surface area (Å²) in [4.78, 5) is 24.7. The highest BCUT2D eigenvalue weighted by molar-refractivity contribution is 7.10. The van der Waals surface area contributed by atoms with Crippen molar-refractivity contribution in [2.75, 3.05) is 0 Å². The van der Waals surface area contributed by atoms with E-state index in [2.05, 4.69) is 5.32 Å². The number of hydrogen-bond acceptors (Lipinski definition) is 3. The van der Waals surface area contributed by atoms with E-state index in [1.54, 1.807) is 0 Å². The average Bonchev–Trinajstić information content (AvgIpc) is 3.01. The van der Waals surface area contributed by atoms with Gasteiger partial charge >= 0.3 is 5.97 Å². The number of amides is 1. The Balaban J connectivity index is 2.20. The van der Waals surface area contributed by atoms with Crippen LogP contribution in [0.1, 0.15) is 43.4 Å². The lowest BCUT2D eigenvalue weighted by atomic mass is 9.72. The maximum atomic E-state index is 12.7. The zero-order valence-electron chi connectivity index (χ0n) is 12.1. The van der Waals surface area contributed by atoms with Gasteiger partial charge in [-0.15, -0.1) is 11.3 Å². The molecule has 1 heterocycles. The topological polar surface area (TPSA) is 66.4 Å². The summed E-state index contributed by atoms with van der Waals surface area (Å²) in [6.45, 7) is 0. The molecule has 1 unspecified atom stereocenters. The van der Waals surface area contributed by atoms with Crippen LogP contribution < -0.4 is 5.32 Å². The minimum absolute atomic E-state index is 0.442. The molecule has 1 saturated carbocycles. The van der Waals surface area contributed by atoms with Gasteiger partial charge in [-0.2, -0.15) is 0 Å². The van der Waals surface area contributed by atoms with Gasteiger partial charge in [0, 0.05) is 11.3 Å². The third-order valence-corrected chi connectivity index (χ3v) is 5.23. The summed E-state index contributed by atoms with van der Waals surface area (Å²) in [5, 5.41) is 13.2. The number of carboxylic acid groups (broad SMARTS) is 1. The lowest BCUT2D eigenvalue weighted by molar-refractivity contribution is -0.144. The van der Waals surface area contributed by atoms with Crippen LogP contribution in [0.4, 0.5) is 8.78 Å². The minimum atomic E-state index is -2.77. The van der Waals surface area contributed by atoms with Gasteiger partial charge in [0.05, 0.1) is 5.41 Å². The summed E-state index contributed by atoms with van der Waals surface area (Å²) in [7, 11) is 0. The number of aliphatic carboxylic acids is 1. The Hall–Kier alpha value is -1.50. The van der Waals surface area contributed by atoms with E-state index in [1.165, 1.54) is 11.3 Å². The number of carboxylic acids is 1. The molecule has 1 aliphatic rings. The van der Waals surface area contributed by atoms with Gasteiger partial charge in [0.1, 0.15) is 6.04 Å². The van der Waals surface area contributed by atoms with Crippen LogP contribution in [0.15, 0.2) is 17.5 Å². The van der Waals surface area contributed by atoms with E-state index < -0.39 is 36.2 Å². The molecule has 0 bridgehead atoms. The summed E-state index contributed by atoms with van der Waals surface area (Å²) >= 11 is 1.45. The Morgan fingerprint density at radius 1 is 1.32 bits per heavy atom. The molecule has 0 aliphatic heterocycles. The molecule has 0 aromatic carbocycles. The van der Waals surface area contributed by atoms with Gasteiger partial charge in [0.15, 0.2) is 0 Å². The van der Waals surface area contributed by atoms with Gasteiger partial charge in [-0.1, -0.05) is 25.3 Å². The van der Waals surface area contributed by atoms with Gasteiger partial charge < -0.3 is 10.4 Å². The zero-order chi connectivity index (χ0) is 16.2. The smallest absolute Gasteiger partial charge is 0.326 e. The summed E-state index contributed by atoms with van der Waals surface area (Å²) in [5.41, 5.74) is -0.776. The van der Waals surface area contributed by atoms with Crippen LogP contribution >= 0.6 is 11.3 Å². The van der Waals surface area contributed by atoms with Gasteiger partial charge in [0.2, 0.25) is 12.3 Å². The number of halogens is 2. The molecule has 1 aromatic heterocycles. The molecule has 0 saturated heterocycles. The maximum absolute atomic E-state index is 12.7. The molecule has 1 aliphatic carbocycles. The van der Waals surface area contributed by atoms with Gasteiger partial charge in [-0.25, -0.2) is 13.6 Å². The van der Waals surface area contributed by atoms with Gasteiger partial charge in [0.25, 0.3) is 0 Å². The lowest BCUT2D eigenvalue weighted by Crippen LogP contribution is -2.51. The molecule has 0 radical (unpaired) electrons. The van der Waals surface area contributed by atoms with E-state index in [0.29, 0.717) is 12.8 Å². The molecule has 0 spiro atoms. The number of hydrogen-bond donors (Lipinski definition) is 2. The van der Waals surface area contributed by atoms with Crippen molar-refractivity contribution >= 4 is 23.2 Å². The number of carbonyl (C=O) groups excluding carboxylic acids is 1. The molecule has 22 heavy (non-hydrogen) atoms. The number of carbonyl (C=O) groups is 2. The molecular weight excluding hydrogens is 312 g/mol. The number of thiophene rings is 1. The molecule has 122 valence electrons. The fourth-order valence-corrected chi connectivity index (χ4v) is 3.97. The first-order valence-corrected chi connectivity index (χ1v) is 8.19. The summed E-state index contributed by atoms with van der Waals surface area (Å²) in [5.74, 6) is -1.87. The fourth-order valence-electron chi connectivity index (χ4n) is 2.99. The second-order valence-corrected chi connectivity index (χ2v) is 6.56. The van der Waals surface area contributed by atoms with Crippen LogP contribution in [0.3, 0.4) is 0 Å². The van der Waals surface area contributed by atoms with E-state index in [-0.39, 0.29) is 0 Å². The normalized spacial score (nSPS) is 18.9. The third-order valence-electron chi connectivity index (χ3n) is 4.15. The van der Waals surface area contributed by atoms with Gasteiger partial charge in [-0.3, -0.25) is 4.79 Å². The van der Waals surface area contributed by atoms with Crippen molar-refractivity contribution in [1.29, 1.82) is 0 Å². The highest BCUT2D eigenvalue weighted by atomic mass is 32.1. The second-order valence-electron chi connectivity index (χ2n) is 5.61. The van der Waals surface area contributed by atoms with Gasteiger partial charge in [-0.05, 0) is 24.3 Å². The molecule has 1 amide bonds. The molecule has 1 fully saturated rings. The predicted molar refractivity (Wildman–Crippen MR) is 79.3 cm³/mol. The number of alkyl halides is 2. The van der Waals surface area contributed by atoms with Crippen molar-refractivity contribution in [2.24, 2.45) is 0 Å². The van der Waals surface area contributed by atoms with Crippen LogP contribution in [-0.2, 0) is 15.0 Å². The van der Waals surface area contributed by atoms with Crippen molar-refractivity contribution in [2.45, 2.75) is 56.4 Å². The van der Waals surface area contributed by atoms with E-state index in [9.17, 15) is 18.4 Å². The van der Waals surface area contributed by atoms with Crippen LogP contribution in [0.5, 0.6) is 0 Å². The van der Waals surface area contributed by atoms with Crippen LogP contribution in [0.25, 0.3) is 0 Å². The first-order valence-electron chi connectivity index (χ1n) is 7.31. The monoisotopic (exact) mass is 331 g/mol. The molecule has 2 rings (SSSR count). The van der Waals surface area contributed by atoms with E-state index in [4.69, 9.17) is 5.11 Å². The van der Waals surface area contributed by atoms with Crippen LogP contribution in [0, 0.1) is 0 Å². The predicted octanol–water partition coefficient (Wildman–Crippen LogP) is 3.17. The van der Waals surface area contributed by atoms with Crippen molar-refractivity contribution in [3.05, 3.63) is 22.4 Å². The van der Waals surface area contributed by atoms with Crippen molar-refractivity contribution in [1.82, 2.24) is 5.32 Å². The molecule has 7 heteroatoms. The Labute approximate surface area is 131 Å². The SMILES string of the molecule is O=C(O)C(CC(F)F)NC(=O)C1(c2cccs2)CCCCC1. The zero-order valence-corrected chi connectivity index (χ0v) is 12.9. The first kappa shape index (κ1) is 16.9. The largest absolute Gasteiger partial charge is 0.480 e. The number of nitrogens with one attached hydrogen (secondary N) is 1. The average molecular weight is 331 g/mol. The molecule has 2 N–H and O–H groups in total. The standard InChI is InChI=1S/C15H19F2NO3S/c16-12(17)9-10(13(19)20)18-14(21)15(6-2-1-3-7-15)11-5-4-8-22-11/h4-5,8,10,12H,1-3,6-7,9H2,(H,18,21)(H,19,20). The van der Waals surface area contributed by atoms with Crippen molar-refractivity contribution in [3.63, 3.8) is 0 Å². The second kappa shape index (κ2) is 7.17. The molecule has 1 atom stereocenters. The lowest BCUT2D eigenvalue weighted by Gasteiger charge is -2.36. The highest BCUT2D eigenvalue weighted by Crippen LogP contribution is 2.41. The molecule has 4 nitrogen and oxygen atoms in total. The molecule has 1 aromatic rings. The third kappa shape index (κ3) is 3.63.